The number of rotatable bonds is 0. The van der Waals surface area contributed by atoms with E-state index >= 15 is 0 Å². The predicted octanol–water partition coefficient (Wildman–Crippen LogP) is 2.96. The Labute approximate surface area is 80.2 Å². The molecule has 1 heteroatoms. The van der Waals surface area contributed by atoms with E-state index in [1.165, 1.54) is 12.0 Å². The summed E-state index contributed by atoms with van der Waals surface area (Å²) in [5.74, 6) is 1.38. The van der Waals surface area contributed by atoms with Gasteiger partial charge < -0.3 is 0 Å². The van der Waals surface area contributed by atoms with Crippen molar-refractivity contribution in [3.63, 3.8) is 0 Å². The van der Waals surface area contributed by atoms with Crippen molar-refractivity contribution in [2.45, 2.75) is 40.0 Å². The Bertz CT molecular complexity index is 273. The molecule has 1 fully saturated rings. The minimum atomic E-state index is 0.346. The van der Waals surface area contributed by atoms with Crippen LogP contribution in [0, 0.1) is 17.3 Å². The molecule has 0 heterocycles. The number of ketones is 1. The van der Waals surface area contributed by atoms with Crippen LogP contribution in [0.5, 0.6) is 0 Å². The van der Waals surface area contributed by atoms with Crippen LogP contribution in [0.4, 0.5) is 0 Å². The molecule has 2 aliphatic carbocycles. The van der Waals surface area contributed by atoms with Crippen LogP contribution in [-0.4, -0.2) is 5.78 Å². The second-order valence-electron chi connectivity index (χ2n) is 5.54. The maximum absolute atomic E-state index is 11.7. The van der Waals surface area contributed by atoms with E-state index in [2.05, 4.69) is 20.8 Å². The van der Waals surface area contributed by atoms with E-state index in [1.807, 2.05) is 6.08 Å². The van der Waals surface area contributed by atoms with E-state index in [-0.39, 0.29) is 0 Å². The van der Waals surface area contributed by atoms with E-state index < -0.39 is 0 Å². The molecule has 0 aromatic rings. The van der Waals surface area contributed by atoms with Crippen molar-refractivity contribution in [3.05, 3.63) is 11.6 Å². The Morgan fingerprint density at radius 1 is 1.38 bits per heavy atom. The third kappa shape index (κ3) is 1.56. The Balaban J connectivity index is 2.23. The Kier molecular flexibility index (Phi) is 1.86. The van der Waals surface area contributed by atoms with Gasteiger partial charge in [0.15, 0.2) is 5.78 Å². The van der Waals surface area contributed by atoms with Crippen molar-refractivity contribution in [2.75, 3.05) is 0 Å². The van der Waals surface area contributed by atoms with Crippen LogP contribution in [0.2, 0.25) is 0 Å². The molecule has 2 atom stereocenters. The second kappa shape index (κ2) is 2.70. The number of hydrogen-bond donors (Lipinski definition) is 0. The summed E-state index contributed by atoms with van der Waals surface area (Å²) in [4.78, 5) is 11.7. The lowest BCUT2D eigenvalue weighted by atomic mass is 9.82. The average molecular weight is 178 g/mol. The van der Waals surface area contributed by atoms with Gasteiger partial charge in [-0.1, -0.05) is 19.4 Å². The van der Waals surface area contributed by atoms with E-state index in [0.717, 1.165) is 12.8 Å². The van der Waals surface area contributed by atoms with Gasteiger partial charge in [0, 0.05) is 5.92 Å². The molecule has 0 saturated heterocycles. The van der Waals surface area contributed by atoms with Gasteiger partial charge in [-0.2, -0.15) is 0 Å². The Morgan fingerprint density at radius 2 is 2.08 bits per heavy atom. The van der Waals surface area contributed by atoms with Gasteiger partial charge in [-0.15, -0.1) is 0 Å². The summed E-state index contributed by atoms with van der Waals surface area (Å²) in [5.41, 5.74) is 1.67. The van der Waals surface area contributed by atoms with Gasteiger partial charge in [-0.05, 0) is 43.6 Å². The molecule has 0 unspecified atom stereocenters. The molecule has 0 aliphatic heterocycles. The molecule has 0 aromatic carbocycles. The summed E-state index contributed by atoms with van der Waals surface area (Å²) in [6.45, 7) is 6.65. The van der Waals surface area contributed by atoms with Crippen molar-refractivity contribution < 1.29 is 4.79 Å². The average Bonchev–Trinajstić information content (AvgIpc) is 2.23. The zero-order chi connectivity index (χ0) is 9.64. The summed E-state index contributed by atoms with van der Waals surface area (Å²) >= 11 is 0. The summed E-state index contributed by atoms with van der Waals surface area (Å²) in [5, 5.41) is 0. The van der Waals surface area contributed by atoms with Crippen LogP contribution < -0.4 is 0 Å². The fraction of sp³-hybridized carbons (Fsp3) is 0.750. The Morgan fingerprint density at radius 3 is 2.77 bits per heavy atom. The highest BCUT2D eigenvalue weighted by Crippen LogP contribution is 2.49. The van der Waals surface area contributed by atoms with Gasteiger partial charge in [0.05, 0.1) is 0 Å². The van der Waals surface area contributed by atoms with Gasteiger partial charge in [0.2, 0.25) is 0 Å². The van der Waals surface area contributed by atoms with Crippen LogP contribution in [0.3, 0.4) is 0 Å². The highest BCUT2D eigenvalue weighted by Gasteiger charge is 2.43. The molecule has 1 saturated carbocycles. The highest BCUT2D eigenvalue weighted by atomic mass is 16.1. The maximum Gasteiger partial charge on any atom is 0.159 e. The SMILES string of the molecule is CC1=CC(=O)[C@@H]2CC(C)(C)C[C@H]2C1. The maximum atomic E-state index is 11.7. The van der Waals surface area contributed by atoms with E-state index in [9.17, 15) is 4.79 Å². The molecular weight excluding hydrogens is 160 g/mol. The second-order valence-corrected chi connectivity index (χ2v) is 5.54. The van der Waals surface area contributed by atoms with Crippen LogP contribution in [-0.2, 0) is 4.79 Å². The van der Waals surface area contributed by atoms with Crippen LogP contribution in [0.1, 0.15) is 40.0 Å². The first-order chi connectivity index (χ1) is 5.98. The smallest absolute Gasteiger partial charge is 0.159 e. The van der Waals surface area contributed by atoms with Gasteiger partial charge >= 0.3 is 0 Å². The first kappa shape index (κ1) is 8.98. The van der Waals surface area contributed by atoms with E-state index in [1.54, 1.807) is 0 Å². The summed E-state index contributed by atoms with van der Waals surface area (Å²) in [6, 6.07) is 0. The third-order valence-corrected chi connectivity index (χ3v) is 3.49. The standard InChI is InChI=1S/C12H18O/c1-8-4-9-6-12(2,3)7-10(9)11(13)5-8/h5,9-10H,4,6-7H2,1-3H3/t9-,10-/m1/s1. The first-order valence-corrected chi connectivity index (χ1v) is 5.19. The van der Waals surface area contributed by atoms with Gasteiger partial charge in [-0.25, -0.2) is 0 Å². The van der Waals surface area contributed by atoms with Crippen molar-refractivity contribution in [3.8, 4) is 0 Å². The molecule has 1 nitrogen and oxygen atoms in total. The van der Waals surface area contributed by atoms with Crippen molar-refractivity contribution >= 4 is 5.78 Å². The number of hydrogen-bond acceptors (Lipinski definition) is 1. The fourth-order valence-electron chi connectivity index (χ4n) is 3.07. The highest BCUT2D eigenvalue weighted by molar-refractivity contribution is 5.93. The minimum Gasteiger partial charge on any atom is -0.295 e. The summed E-state index contributed by atoms with van der Waals surface area (Å²) in [7, 11) is 0. The Hall–Kier alpha value is -0.590. The summed E-state index contributed by atoms with van der Waals surface area (Å²) < 4.78 is 0. The van der Waals surface area contributed by atoms with Crippen molar-refractivity contribution in [1.29, 1.82) is 0 Å². The normalized spacial score (nSPS) is 37.2. The van der Waals surface area contributed by atoms with Gasteiger partial charge in [0.25, 0.3) is 0 Å². The molecule has 2 aliphatic rings. The van der Waals surface area contributed by atoms with Crippen LogP contribution >= 0.6 is 0 Å². The molecule has 0 bridgehead atoms. The molecule has 13 heavy (non-hydrogen) atoms. The largest absolute Gasteiger partial charge is 0.295 e. The fourth-order valence-corrected chi connectivity index (χ4v) is 3.07. The summed E-state index contributed by atoms with van der Waals surface area (Å²) in [6.07, 6.45) is 5.34. The van der Waals surface area contributed by atoms with Gasteiger partial charge in [-0.3, -0.25) is 4.79 Å². The molecule has 0 N–H and O–H groups in total. The third-order valence-electron chi connectivity index (χ3n) is 3.49. The molecular formula is C12H18O. The monoisotopic (exact) mass is 178 g/mol. The topological polar surface area (TPSA) is 17.1 Å². The molecule has 0 amide bonds. The minimum absolute atomic E-state index is 0.346. The molecule has 2 rings (SSSR count). The van der Waals surface area contributed by atoms with Crippen molar-refractivity contribution in [1.82, 2.24) is 0 Å². The zero-order valence-corrected chi connectivity index (χ0v) is 8.76. The van der Waals surface area contributed by atoms with Crippen LogP contribution in [0.25, 0.3) is 0 Å². The van der Waals surface area contributed by atoms with E-state index in [4.69, 9.17) is 0 Å². The molecule has 72 valence electrons. The van der Waals surface area contributed by atoms with E-state index in [0.29, 0.717) is 23.0 Å². The van der Waals surface area contributed by atoms with Crippen LogP contribution in [0.15, 0.2) is 11.6 Å². The van der Waals surface area contributed by atoms with Crippen molar-refractivity contribution in [2.24, 2.45) is 17.3 Å². The molecule has 0 spiro atoms. The molecule has 0 radical (unpaired) electrons. The lowest BCUT2D eigenvalue weighted by molar-refractivity contribution is -0.119. The number of fused-ring (bicyclic) bond motifs is 1. The number of carbonyl (C=O) groups excluding carboxylic acids is 1. The lowest BCUT2D eigenvalue weighted by Gasteiger charge is -2.22. The first-order valence-electron chi connectivity index (χ1n) is 5.19. The quantitative estimate of drug-likeness (QED) is 0.557. The number of allylic oxidation sites excluding steroid dienone is 2. The lowest BCUT2D eigenvalue weighted by Crippen LogP contribution is -2.21. The van der Waals surface area contributed by atoms with Gasteiger partial charge in [0.1, 0.15) is 0 Å². The number of carbonyl (C=O) groups is 1. The predicted molar refractivity (Wildman–Crippen MR) is 53.4 cm³/mol. The molecule has 0 aromatic heterocycles. The zero-order valence-electron chi connectivity index (χ0n) is 8.76.